The number of nitrogens with two attached hydrogens (primary N) is 1. The molecule has 6 nitrogen and oxygen atoms in total. The second kappa shape index (κ2) is 8.31. The number of nitrogens with zero attached hydrogens (tertiary/aromatic N) is 1. The topological polar surface area (TPSA) is 86.5 Å². The van der Waals surface area contributed by atoms with Gasteiger partial charge in [-0.15, -0.1) is 0 Å². The Morgan fingerprint density at radius 3 is 2.62 bits per heavy atom. The second-order valence-corrected chi connectivity index (χ2v) is 5.65. The molecule has 0 saturated heterocycles. The Morgan fingerprint density at radius 2 is 2.00 bits per heavy atom. The quantitative estimate of drug-likeness (QED) is 0.815. The number of methoxy groups -OCH3 is 1. The number of carbonyl (C=O) groups excluding carboxylic acids is 1. The molecule has 24 heavy (non-hydrogen) atoms. The van der Waals surface area contributed by atoms with E-state index in [-0.39, 0.29) is 17.9 Å². The van der Waals surface area contributed by atoms with Gasteiger partial charge in [-0.05, 0) is 24.6 Å². The van der Waals surface area contributed by atoms with Gasteiger partial charge < -0.3 is 20.5 Å². The lowest BCUT2D eigenvalue weighted by molar-refractivity contribution is -0.125. The molecule has 3 N–H and O–H groups in total. The Labute approximate surface area is 142 Å². The van der Waals surface area contributed by atoms with Crippen LogP contribution in [0.5, 0.6) is 17.4 Å². The number of ether oxygens (including phenoxy) is 2. The van der Waals surface area contributed by atoms with E-state index in [1.54, 1.807) is 25.4 Å². The van der Waals surface area contributed by atoms with Crippen LogP contribution < -0.4 is 20.5 Å². The van der Waals surface area contributed by atoms with Gasteiger partial charge in [0.25, 0.3) is 0 Å². The van der Waals surface area contributed by atoms with Gasteiger partial charge in [0.05, 0.1) is 7.11 Å². The average molecular weight is 329 g/mol. The van der Waals surface area contributed by atoms with Crippen LogP contribution in [-0.2, 0) is 11.3 Å². The zero-order chi connectivity index (χ0) is 17.5. The highest BCUT2D eigenvalue weighted by Gasteiger charge is 2.16. The van der Waals surface area contributed by atoms with Gasteiger partial charge in [-0.25, -0.2) is 4.98 Å². The van der Waals surface area contributed by atoms with Gasteiger partial charge in [-0.3, -0.25) is 4.79 Å². The van der Waals surface area contributed by atoms with Crippen LogP contribution in [-0.4, -0.2) is 24.0 Å². The molecule has 0 radical (unpaired) electrons. The number of carbonyl (C=O) groups is 1. The third-order valence-electron chi connectivity index (χ3n) is 3.73. The molecule has 128 valence electrons. The van der Waals surface area contributed by atoms with Crippen molar-refractivity contribution < 1.29 is 14.3 Å². The Bertz CT molecular complexity index is 671. The minimum atomic E-state index is -0.228. The first-order valence-corrected chi connectivity index (χ1v) is 7.79. The van der Waals surface area contributed by atoms with Gasteiger partial charge in [-0.1, -0.05) is 19.1 Å². The molecule has 0 aliphatic heterocycles. The molecule has 2 rings (SSSR count). The van der Waals surface area contributed by atoms with Crippen molar-refractivity contribution in [1.82, 2.24) is 10.3 Å². The van der Waals surface area contributed by atoms with Crippen LogP contribution in [0.4, 0.5) is 0 Å². The fraction of sp³-hybridized carbons (Fsp3) is 0.333. The zero-order valence-corrected chi connectivity index (χ0v) is 14.2. The molecule has 1 aromatic heterocycles. The Morgan fingerprint density at radius 1 is 1.25 bits per heavy atom. The van der Waals surface area contributed by atoms with Gasteiger partial charge in [0.15, 0.2) is 0 Å². The highest BCUT2D eigenvalue weighted by molar-refractivity contribution is 5.78. The molecule has 2 aromatic rings. The van der Waals surface area contributed by atoms with Crippen molar-refractivity contribution in [2.24, 2.45) is 11.7 Å². The van der Waals surface area contributed by atoms with Gasteiger partial charge in [0, 0.05) is 36.8 Å². The highest BCUT2D eigenvalue weighted by Crippen LogP contribution is 2.23. The number of amides is 1. The Balaban J connectivity index is 1.92. The van der Waals surface area contributed by atoms with E-state index in [0.717, 1.165) is 11.3 Å². The third kappa shape index (κ3) is 4.96. The van der Waals surface area contributed by atoms with Crippen molar-refractivity contribution in [2.75, 3.05) is 7.11 Å². The summed E-state index contributed by atoms with van der Waals surface area (Å²) in [4.78, 5) is 16.1. The molecule has 0 bridgehead atoms. The predicted molar refractivity (Wildman–Crippen MR) is 92.0 cm³/mol. The molecule has 0 fully saturated rings. The largest absolute Gasteiger partial charge is 0.497 e. The number of aromatic nitrogens is 1. The summed E-state index contributed by atoms with van der Waals surface area (Å²) in [7, 11) is 1.60. The van der Waals surface area contributed by atoms with E-state index in [2.05, 4.69) is 10.3 Å². The van der Waals surface area contributed by atoms with E-state index < -0.39 is 0 Å². The first kappa shape index (κ1) is 17.7. The average Bonchev–Trinajstić information content (AvgIpc) is 2.60. The lowest BCUT2D eigenvalue weighted by Crippen LogP contribution is -2.38. The van der Waals surface area contributed by atoms with Gasteiger partial charge >= 0.3 is 0 Å². The van der Waals surface area contributed by atoms with E-state index in [4.69, 9.17) is 15.2 Å². The maximum atomic E-state index is 11.9. The molecule has 0 saturated carbocycles. The molecule has 2 atom stereocenters. The first-order chi connectivity index (χ1) is 11.5. The maximum Gasteiger partial charge on any atom is 0.224 e. The summed E-state index contributed by atoms with van der Waals surface area (Å²) in [6.45, 7) is 4.03. The smallest absolute Gasteiger partial charge is 0.224 e. The van der Waals surface area contributed by atoms with E-state index in [9.17, 15) is 4.79 Å². The zero-order valence-electron chi connectivity index (χ0n) is 14.2. The van der Waals surface area contributed by atoms with Crippen molar-refractivity contribution in [1.29, 1.82) is 0 Å². The molecule has 6 heteroatoms. The van der Waals surface area contributed by atoms with Gasteiger partial charge in [-0.2, -0.15) is 0 Å². The van der Waals surface area contributed by atoms with Crippen molar-refractivity contribution in [3.8, 4) is 17.4 Å². The highest BCUT2D eigenvalue weighted by atomic mass is 16.5. The minimum absolute atomic E-state index is 0.0679. The van der Waals surface area contributed by atoms with E-state index >= 15 is 0 Å². The van der Waals surface area contributed by atoms with Crippen LogP contribution in [0.1, 0.15) is 19.4 Å². The molecule has 2 unspecified atom stereocenters. The number of pyridine rings is 1. The number of benzene rings is 1. The standard InChI is InChI=1S/C18H23N3O3/c1-12(13(2)19)18(22)21-11-14-7-8-17(20-10-14)24-16-6-4-5-15(9-16)23-3/h4-10,12-13H,11,19H2,1-3H3,(H,21,22). The van der Waals surface area contributed by atoms with Crippen molar-refractivity contribution in [3.63, 3.8) is 0 Å². The molecule has 0 aliphatic carbocycles. The molecule has 0 spiro atoms. The fourth-order valence-corrected chi connectivity index (χ4v) is 1.95. The van der Waals surface area contributed by atoms with Crippen molar-refractivity contribution in [2.45, 2.75) is 26.4 Å². The van der Waals surface area contributed by atoms with Crippen LogP contribution in [0.25, 0.3) is 0 Å². The summed E-state index contributed by atoms with van der Waals surface area (Å²) in [5.74, 6) is 1.54. The summed E-state index contributed by atoms with van der Waals surface area (Å²) in [5.41, 5.74) is 6.61. The van der Waals surface area contributed by atoms with Crippen LogP contribution in [0, 0.1) is 5.92 Å². The van der Waals surface area contributed by atoms with Gasteiger partial charge in [0.1, 0.15) is 11.5 Å². The summed E-state index contributed by atoms with van der Waals surface area (Å²) in [5, 5.41) is 2.85. The normalized spacial score (nSPS) is 13.0. The third-order valence-corrected chi connectivity index (χ3v) is 3.73. The lowest BCUT2D eigenvalue weighted by atomic mass is 10.0. The van der Waals surface area contributed by atoms with Crippen LogP contribution in [0.3, 0.4) is 0 Å². The van der Waals surface area contributed by atoms with E-state index in [0.29, 0.717) is 18.2 Å². The number of rotatable bonds is 7. The number of nitrogens with one attached hydrogen (secondary N) is 1. The monoisotopic (exact) mass is 329 g/mol. The molecule has 1 amide bonds. The van der Waals surface area contributed by atoms with E-state index in [1.165, 1.54) is 0 Å². The molecule has 1 heterocycles. The van der Waals surface area contributed by atoms with Crippen LogP contribution in [0.2, 0.25) is 0 Å². The van der Waals surface area contributed by atoms with Gasteiger partial charge in [0.2, 0.25) is 11.8 Å². The predicted octanol–water partition coefficient (Wildman–Crippen LogP) is 2.48. The lowest BCUT2D eigenvalue weighted by Gasteiger charge is -2.15. The Kier molecular flexibility index (Phi) is 6.14. The molecular weight excluding hydrogens is 306 g/mol. The summed E-state index contributed by atoms with van der Waals surface area (Å²) >= 11 is 0. The minimum Gasteiger partial charge on any atom is -0.497 e. The van der Waals surface area contributed by atoms with Crippen LogP contribution in [0.15, 0.2) is 42.6 Å². The molecule has 0 aliphatic rings. The first-order valence-electron chi connectivity index (χ1n) is 7.79. The number of hydrogen-bond donors (Lipinski definition) is 2. The molecule has 1 aromatic carbocycles. The van der Waals surface area contributed by atoms with Crippen molar-refractivity contribution >= 4 is 5.91 Å². The number of hydrogen-bond acceptors (Lipinski definition) is 5. The fourth-order valence-electron chi connectivity index (χ4n) is 1.95. The summed E-state index contributed by atoms with van der Waals surface area (Å²) in [6, 6.07) is 10.7. The van der Waals surface area contributed by atoms with E-state index in [1.807, 2.05) is 38.1 Å². The molecular formula is C18H23N3O3. The summed E-state index contributed by atoms with van der Waals surface area (Å²) in [6.07, 6.45) is 1.67. The summed E-state index contributed by atoms with van der Waals surface area (Å²) < 4.78 is 10.8. The van der Waals surface area contributed by atoms with Crippen LogP contribution >= 0.6 is 0 Å². The SMILES string of the molecule is COc1cccc(Oc2ccc(CNC(=O)C(C)C(C)N)cn2)c1. The van der Waals surface area contributed by atoms with Crippen molar-refractivity contribution in [3.05, 3.63) is 48.2 Å². The maximum absolute atomic E-state index is 11.9. The Hall–Kier alpha value is -2.60. The second-order valence-electron chi connectivity index (χ2n) is 5.65.